The number of guanidine groups is 1. The first-order chi connectivity index (χ1) is 11.7. The first-order valence-electron chi connectivity index (χ1n) is 8.76. The lowest BCUT2D eigenvalue weighted by atomic mass is 10.3. The Morgan fingerprint density at radius 2 is 2.08 bits per heavy atom. The molecule has 1 unspecified atom stereocenters. The maximum atomic E-state index is 13.1. The van der Waals surface area contributed by atoms with Crippen molar-refractivity contribution in [1.29, 1.82) is 0 Å². The molecule has 1 fully saturated rings. The fourth-order valence-corrected chi connectivity index (χ4v) is 2.79. The molecule has 142 valence electrons. The molecule has 1 aliphatic rings. The van der Waals surface area contributed by atoms with E-state index in [0.29, 0.717) is 12.3 Å². The highest BCUT2D eigenvalue weighted by atomic mass is 127. The zero-order chi connectivity index (χ0) is 17.2. The summed E-state index contributed by atoms with van der Waals surface area (Å²) in [4.78, 5) is 6.72. The molecule has 0 radical (unpaired) electrons. The quantitative estimate of drug-likeness (QED) is 0.269. The van der Waals surface area contributed by atoms with E-state index in [2.05, 4.69) is 20.5 Å². The third-order valence-corrected chi connectivity index (χ3v) is 4.06. The molecule has 1 aliphatic heterocycles. The molecule has 0 aliphatic carbocycles. The van der Waals surface area contributed by atoms with Crippen molar-refractivity contribution in [3.05, 3.63) is 30.1 Å². The molecule has 2 rings (SSSR count). The van der Waals surface area contributed by atoms with Crippen LogP contribution in [0, 0.1) is 5.82 Å². The molecule has 1 aromatic rings. The van der Waals surface area contributed by atoms with Crippen molar-refractivity contribution in [2.45, 2.75) is 32.3 Å². The van der Waals surface area contributed by atoms with Gasteiger partial charge in [0.2, 0.25) is 0 Å². The van der Waals surface area contributed by atoms with Gasteiger partial charge in [0.05, 0.1) is 6.54 Å². The second-order valence-corrected chi connectivity index (χ2v) is 6.17. The number of aliphatic imine (C=N–C) groups is 1. The normalized spacial score (nSPS) is 16.2. The highest BCUT2D eigenvalue weighted by Crippen LogP contribution is 2.13. The number of halogens is 2. The summed E-state index contributed by atoms with van der Waals surface area (Å²) in [7, 11) is 1.76. The molecule has 0 saturated carbocycles. The minimum absolute atomic E-state index is 0. The molecule has 2 N–H and O–H groups in total. The van der Waals surface area contributed by atoms with Gasteiger partial charge in [-0.05, 0) is 58.0 Å². The van der Waals surface area contributed by atoms with Crippen molar-refractivity contribution in [2.24, 2.45) is 4.99 Å². The first kappa shape index (κ1) is 22.0. The number of nitrogens with one attached hydrogen (secondary N) is 2. The molecule has 5 nitrogen and oxygen atoms in total. The fraction of sp³-hybridized carbons (Fsp3) is 0.611. The molecule has 0 bridgehead atoms. The lowest BCUT2D eigenvalue weighted by Crippen LogP contribution is -2.42. The Hall–Kier alpha value is -1.09. The van der Waals surface area contributed by atoms with Crippen molar-refractivity contribution >= 4 is 29.9 Å². The summed E-state index contributed by atoms with van der Waals surface area (Å²) >= 11 is 0. The Morgan fingerprint density at radius 3 is 2.76 bits per heavy atom. The Bertz CT molecular complexity index is 524. The van der Waals surface area contributed by atoms with Crippen molar-refractivity contribution in [1.82, 2.24) is 15.5 Å². The second kappa shape index (κ2) is 12.3. The first-order valence-corrected chi connectivity index (χ1v) is 8.76. The van der Waals surface area contributed by atoms with E-state index in [9.17, 15) is 4.39 Å². The number of hydrogen-bond donors (Lipinski definition) is 2. The topological polar surface area (TPSA) is 48.9 Å². The summed E-state index contributed by atoms with van der Waals surface area (Å²) in [5.74, 6) is 1.02. The van der Waals surface area contributed by atoms with Gasteiger partial charge in [-0.3, -0.25) is 4.99 Å². The Kier molecular flexibility index (Phi) is 10.8. The maximum Gasteiger partial charge on any atom is 0.191 e. The summed E-state index contributed by atoms with van der Waals surface area (Å²) in [6.45, 7) is 7.06. The van der Waals surface area contributed by atoms with E-state index in [4.69, 9.17) is 4.74 Å². The van der Waals surface area contributed by atoms with Gasteiger partial charge in [-0.1, -0.05) is 6.07 Å². The van der Waals surface area contributed by atoms with E-state index in [1.54, 1.807) is 19.2 Å². The zero-order valence-electron chi connectivity index (χ0n) is 15.1. The van der Waals surface area contributed by atoms with Gasteiger partial charge in [0.25, 0.3) is 0 Å². The molecule has 1 heterocycles. The highest BCUT2D eigenvalue weighted by molar-refractivity contribution is 14.0. The van der Waals surface area contributed by atoms with Gasteiger partial charge in [0, 0.05) is 19.7 Å². The van der Waals surface area contributed by atoms with Crippen LogP contribution in [0.15, 0.2) is 29.3 Å². The predicted octanol–water partition coefficient (Wildman–Crippen LogP) is 2.86. The van der Waals surface area contributed by atoms with Crippen LogP contribution in [-0.4, -0.2) is 56.7 Å². The van der Waals surface area contributed by atoms with Crippen LogP contribution >= 0.6 is 24.0 Å². The second-order valence-electron chi connectivity index (χ2n) is 6.17. The highest BCUT2D eigenvalue weighted by Gasteiger charge is 2.10. The number of likely N-dealkylation sites (tertiary alicyclic amines) is 1. The molecule has 1 aromatic carbocycles. The molecule has 0 amide bonds. The number of ether oxygens (including phenoxy) is 1. The molecule has 0 aromatic heterocycles. The third-order valence-electron chi connectivity index (χ3n) is 4.06. The van der Waals surface area contributed by atoms with Gasteiger partial charge >= 0.3 is 0 Å². The monoisotopic (exact) mass is 464 g/mol. The summed E-state index contributed by atoms with van der Waals surface area (Å²) < 4.78 is 18.8. The van der Waals surface area contributed by atoms with Crippen LogP contribution in [0.1, 0.15) is 26.2 Å². The smallest absolute Gasteiger partial charge is 0.191 e. The van der Waals surface area contributed by atoms with E-state index in [1.165, 1.54) is 38.1 Å². The molecule has 1 saturated heterocycles. The Morgan fingerprint density at radius 1 is 1.32 bits per heavy atom. The summed E-state index contributed by atoms with van der Waals surface area (Å²) in [5.41, 5.74) is 0. The molecule has 1 atom stereocenters. The Labute approximate surface area is 167 Å². The number of hydrogen-bond acceptors (Lipinski definition) is 3. The van der Waals surface area contributed by atoms with Gasteiger partial charge in [0.1, 0.15) is 17.7 Å². The summed E-state index contributed by atoms with van der Waals surface area (Å²) in [6.07, 6.45) is 3.69. The average Bonchev–Trinajstić information content (AvgIpc) is 3.07. The average molecular weight is 464 g/mol. The molecular weight excluding hydrogens is 434 g/mol. The van der Waals surface area contributed by atoms with Crippen molar-refractivity contribution in [2.75, 3.05) is 39.8 Å². The maximum absolute atomic E-state index is 13.1. The minimum Gasteiger partial charge on any atom is -0.489 e. The van der Waals surface area contributed by atoms with Crippen molar-refractivity contribution in [3.8, 4) is 5.75 Å². The fourth-order valence-electron chi connectivity index (χ4n) is 2.79. The van der Waals surface area contributed by atoms with E-state index in [0.717, 1.165) is 25.5 Å². The SMILES string of the molecule is CN=C(NCCCN1CCCC1)NCC(C)Oc1cccc(F)c1.I. The van der Waals surface area contributed by atoms with Crippen LogP contribution in [0.3, 0.4) is 0 Å². The van der Waals surface area contributed by atoms with Crippen LogP contribution in [0.5, 0.6) is 5.75 Å². The van der Waals surface area contributed by atoms with Crippen LogP contribution in [0.4, 0.5) is 4.39 Å². The third kappa shape index (κ3) is 8.71. The summed E-state index contributed by atoms with van der Waals surface area (Å²) in [6, 6.07) is 6.20. The van der Waals surface area contributed by atoms with Crippen molar-refractivity contribution < 1.29 is 9.13 Å². The molecule has 7 heteroatoms. The number of benzene rings is 1. The van der Waals surface area contributed by atoms with Crippen LogP contribution in [-0.2, 0) is 0 Å². The van der Waals surface area contributed by atoms with E-state index >= 15 is 0 Å². The molecule has 0 spiro atoms. The van der Waals surface area contributed by atoms with Crippen LogP contribution < -0.4 is 15.4 Å². The van der Waals surface area contributed by atoms with Gasteiger partial charge in [-0.2, -0.15) is 0 Å². The number of rotatable bonds is 8. The minimum atomic E-state index is -0.289. The van der Waals surface area contributed by atoms with Crippen LogP contribution in [0.25, 0.3) is 0 Å². The van der Waals surface area contributed by atoms with E-state index in [-0.39, 0.29) is 35.9 Å². The summed E-state index contributed by atoms with van der Waals surface area (Å²) in [5, 5.41) is 6.56. The van der Waals surface area contributed by atoms with E-state index < -0.39 is 0 Å². The molecular formula is C18H30FIN4O. The van der Waals surface area contributed by atoms with Crippen LogP contribution in [0.2, 0.25) is 0 Å². The largest absolute Gasteiger partial charge is 0.489 e. The van der Waals surface area contributed by atoms with Crippen molar-refractivity contribution in [3.63, 3.8) is 0 Å². The van der Waals surface area contributed by atoms with Gasteiger partial charge in [0.15, 0.2) is 5.96 Å². The zero-order valence-corrected chi connectivity index (χ0v) is 17.5. The predicted molar refractivity (Wildman–Crippen MR) is 112 cm³/mol. The lowest BCUT2D eigenvalue weighted by Gasteiger charge is -2.18. The lowest BCUT2D eigenvalue weighted by molar-refractivity contribution is 0.223. The Balaban J connectivity index is 0.00000312. The molecule has 25 heavy (non-hydrogen) atoms. The van der Waals surface area contributed by atoms with E-state index in [1.807, 2.05) is 6.92 Å². The van der Waals surface area contributed by atoms with Gasteiger partial charge in [-0.15, -0.1) is 24.0 Å². The van der Waals surface area contributed by atoms with Gasteiger partial charge in [-0.25, -0.2) is 4.39 Å². The van der Waals surface area contributed by atoms with Gasteiger partial charge < -0.3 is 20.3 Å². The standard InChI is InChI=1S/C18H29FN4O.HI/c1-15(24-17-8-5-7-16(19)13-17)14-22-18(20-2)21-9-6-12-23-10-3-4-11-23;/h5,7-8,13,15H,3-4,6,9-12,14H2,1-2H3,(H2,20,21,22);1H. The number of nitrogens with zero attached hydrogens (tertiary/aromatic N) is 2.